The van der Waals surface area contributed by atoms with Crippen LogP contribution in [0, 0.1) is 11.8 Å². The summed E-state index contributed by atoms with van der Waals surface area (Å²) in [4.78, 5) is 26.2. The van der Waals surface area contributed by atoms with E-state index in [1.165, 1.54) is 5.57 Å². The van der Waals surface area contributed by atoms with Crippen molar-refractivity contribution in [2.24, 2.45) is 11.8 Å². The van der Waals surface area contributed by atoms with Gasteiger partial charge in [-0.05, 0) is 62.8 Å². The van der Waals surface area contributed by atoms with E-state index in [-0.39, 0.29) is 11.8 Å². The Labute approximate surface area is 148 Å². The number of carbonyl (C=O) groups is 2. The highest BCUT2D eigenvalue weighted by Gasteiger charge is 2.49. The highest BCUT2D eigenvalue weighted by molar-refractivity contribution is 5.97. The van der Waals surface area contributed by atoms with Crippen molar-refractivity contribution in [3.63, 3.8) is 0 Å². The lowest BCUT2D eigenvalue weighted by atomic mass is 9.94. The van der Waals surface area contributed by atoms with Crippen molar-refractivity contribution in [2.75, 3.05) is 13.2 Å². The van der Waals surface area contributed by atoms with Gasteiger partial charge in [-0.1, -0.05) is 18.1 Å². The van der Waals surface area contributed by atoms with E-state index in [1.807, 2.05) is 26.0 Å². The molecule has 2 fully saturated rings. The van der Waals surface area contributed by atoms with Crippen molar-refractivity contribution in [3.05, 3.63) is 41.5 Å². The first-order valence-corrected chi connectivity index (χ1v) is 8.87. The summed E-state index contributed by atoms with van der Waals surface area (Å²) >= 11 is 0. The van der Waals surface area contributed by atoms with Gasteiger partial charge in [0.2, 0.25) is 0 Å². The van der Waals surface area contributed by atoms with E-state index in [0.717, 1.165) is 19.3 Å². The molecule has 0 aromatic heterocycles. The van der Waals surface area contributed by atoms with Crippen molar-refractivity contribution in [1.29, 1.82) is 0 Å². The number of allylic oxidation sites excluding steroid dienone is 1. The normalized spacial score (nSPS) is 24.7. The van der Waals surface area contributed by atoms with Crippen LogP contribution in [0.15, 0.2) is 35.9 Å². The highest BCUT2D eigenvalue weighted by Crippen LogP contribution is 2.42. The molecule has 3 rings (SSSR count). The quantitative estimate of drug-likeness (QED) is 0.833. The third kappa shape index (κ3) is 3.70. The van der Waals surface area contributed by atoms with E-state index in [0.29, 0.717) is 30.4 Å². The predicted octanol–water partition coefficient (Wildman–Crippen LogP) is 3.36. The summed E-state index contributed by atoms with van der Waals surface area (Å²) in [5, 5.41) is 9.62. The summed E-state index contributed by atoms with van der Waals surface area (Å²) in [5.41, 5.74) is 1.65. The SMILES string of the molecule is CC(C)=CCOc1cccc(C(=O)N2CC3CCCC3C2C(=O)O)c1. The Morgan fingerprint density at radius 2 is 2.12 bits per heavy atom. The summed E-state index contributed by atoms with van der Waals surface area (Å²) < 4.78 is 5.66. The number of amides is 1. The Balaban J connectivity index is 1.76. The van der Waals surface area contributed by atoms with Crippen molar-refractivity contribution in [3.8, 4) is 5.75 Å². The first-order valence-electron chi connectivity index (χ1n) is 8.87. The number of nitrogens with zero attached hydrogens (tertiary/aromatic N) is 1. The molecule has 3 atom stereocenters. The second kappa shape index (κ2) is 7.30. The fourth-order valence-electron chi connectivity index (χ4n) is 4.02. The van der Waals surface area contributed by atoms with Crippen molar-refractivity contribution in [2.45, 2.75) is 39.2 Å². The zero-order valence-corrected chi connectivity index (χ0v) is 14.8. The van der Waals surface area contributed by atoms with Crippen LogP contribution in [0.5, 0.6) is 5.75 Å². The van der Waals surface area contributed by atoms with E-state index in [1.54, 1.807) is 23.1 Å². The number of likely N-dealkylation sites (tertiary alicyclic amines) is 1. The number of fused-ring (bicyclic) bond motifs is 1. The molecule has 1 saturated heterocycles. The van der Waals surface area contributed by atoms with Gasteiger partial charge in [-0.25, -0.2) is 4.79 Å². The summed E-state index contributed by atoms with van der Waals surface area (Å²) in [5.74, 6) is -0.0662. The molecule has 1 N–H and O–H groups in total. The fourth-order valence-corrected chi connectivity index (χ4v) is 4.02. The topological polar surface area (TPSA) is 66.8 Å². The number of carboxylic acid groups (broad SMARTS) is 1. The molecule has 5 heteroatoms. The molecule has 1 aliphatic heterocycles. The number of carbonyl (C=O) groups excluding carboxylic acids is 1. The number of aliphatic carboxylic acids is 1. The summed E-state index contributed by atoms with van der Waals surface area (Å²) in [7, 11) is 0. The summed E-state index contributed by atoms with van der Waals surface area (Å²) in [6.45, 7) is 4.99. The number of benzene rings is 1. The Kier molecular flexibility index (Phi) is 5.11. The first kappa shape index (κ1) is 17.5. The lowest BCUT2D eigenvalue weighted by molar-refractivity contribution is -0.142. The standard InChI is InChI=1S/C20H25NO4/c1-13(2)9-10-25-16-7-3-5-14(11-16)19(22)21-12-15-6-4-8-17(15)18(21)20(23)24/h3,5,7,9,11,15,17-18H,4,6,8,10,12H2,1-2H3,(H,23,24). The minimum absolute atomic E-state index is 0.0959. The van der Waals surface area contributed by atoms with Crippen LogP contribution in [-0.2, 0) is 4.79 Å². The largest absolute Gasteiger partial charge is 0.490 e. The summed E-state index contributed by atoms with van der Waals surface area (Å²) in [6, 6.07) is 6.31. The molecule has 5 nitrogen and oxygen atoms in total. The van der Waals surface area contributed by atoms with Crippen LogP contribution < -0.4 is 4.74 Å². The zero-order chi connectivity index (χ0) is 18.0. The summed E-state index contributed by atoms with van der Waals surface area (Å²) in [6.07, 6.45) is 4.95. The maximum Gasteiger partial charge on any atom is 0.326 e. The van der Waals surface area contributed by atoms with Gasteiger partial charge in [0, 0.05) is 12.1 Å². The molecule has 3 unspecified atom stereocenters. The Morgan fingerprint density at radius 1 is 1.32 bits per heavy atom. The molecular formula is C20H25NO4. The van der Waals surface area contributed by atoms with Crippen molar-refractivity contribution in [1.82, 2.24) is 4.90 Å². The second-order valence-corrected chi connectivity index (χ2v) is 7.22. The Morgan fingerprint density at radius 3 is 2.84 bits per heavy atom. The highest BCUT2D eigenvalue weighted by atomic mass is 16.5. The monoisotopic (exact) mass is 343 g/mol. The van der Waals surface area contributed by atoms with Crippen LogP contribution in [0.2, 0.25) is 0 Å². The van der Waals surface area contributed by atoms with Crippen LogP contribution in [0.1, 0.15) is 43.5 Å². The average molecular weight is 343 g/mol. The van der Waals surface area contributed by atoms with Crippen molar-refractivity contribution >= 4 is 11.9 Å². The maximum absolute atomic E-state index is 12.9. The fraction of sp³-hybridized carbons (Fsp3) is 0.500. The van der Waals surface area contributed by atoms with Gasteiger partial charge < -0.3 is 14.7 Å². The molecule has 1 saturated carbocycles. The maximum atomic E-state index is 12.9. The van der Waals surface area contributed by atoms with Crippen LogP contribution in [-0.4, -0.2) is 41.1 Å². The molecular weight excluding hydrogens is 318 g/mol. The number of rotatable bonds is 5. The molecule has 1 aromatic rings. The number of hydrogen-bond donors (Lipinski definition) is 1. The van der Waals surface area contributed by atoms with Gasteiger partial charge in [0.05, 0.1) is 0 Å². The molecule has 1 heterocycles. The molecule has 1 aliphatic carbocycles. The number of hydrogen-bond acceptors (Lipinski definition) is 3. The predicted molar refractivity (Wildman–Crippen MR) is 94.7 cm³/mol. The van der Waals surface area contributed by atoms with E-state index in [4.69, 9.17) is 4.74 Å². The average Bonchev–Trinajstić information content (AvgIpc) is 3.14. The Hall–Kier alpha value is -2.30. The van der Waals surface area contributed by atoms with Gasteiger partial charge in [-0.15, -0.1) is 0 Å². The third-order valence-corrected chi connectivity index (χ3v) is 5.23. The van der Waals surface area contributed by atoms with Crippen molar-refractivity contribution < 1.29 is 19.4 Å². The van der Waals surface area contributed by atoms with Crippen LogP contribution in [0.4, 0.5) is 0 Å². The Bertz CT molecular complexity index is 693. The van der Waals surface area contributed by atoms with Crippen LogP contribution in [0.3, 0.4) is 0 Å². The molecule has 25 heavy (non-hydrogen) atoms. The lowest BCUT2D eigenvalue weighted by Gasteiger charge is -2.24. The number of ether oxygens (including phenoxy) is 1. The molecule has 0 bridgehead atoms. The van der Waals surface area contributed by atoms with E-state index < -0.39 is 12.0 Å². The van der Waals surface area contributed by atoms with E-state index in [9.17, 15) is 14.7 Å². The molecule has 1 aromatic carbocycles. The molecule has 134 valence electrons. The third-order valence-electron chi connectivity index (χ3n) is 5.23. The van der Waals surface area contributed by atoms with Gasteiger partial charge in [0.1, 0.15) is 18.4 Å². The number of carboxylic acids is 1. The van der Waals surface area contributed by atoms with Gasteiger partial charge >= 0.3 is 5.97 Å². The smallest absolute Gasteiger partial charge is 0.326 e. The molecule has 1 amide bonds. The van der Waals surface area contributed by atoms with Gasteiger partial charge in [-0.3, -0.25) is 4.79 Å². The van der Waals surface area contributed by atoms with Crippen LogP contribution in [0.25, 0.3) is 0 Å². The van der Waals surface area contributed by atoms with E-state index in [2.05, 4.69) is 0 Å². The zero-order valence-electron chi connectivity index (χ0n) is 14.8. The van der Waals surface area contributed by atoms with E-state index >= 15 is 0 Å². The first-order chi connectivity index (χ1) is 12.0. The second-order valence-electron chi connectivity index (χ2n) is 7.22. The minimum Gasteiger partial charge on any atom is -0.490 e. The minimum atomic E-state index is -0.890. The molecule has 0 spiro atoms. The molecule has 2 aliphatic rings. The van der Waals surface area contributed by atoms with Gasteiger partial charge in [-0.2, -0.15) is 0 Å². The van der Waals surface area contributed by atoms with Gasteiger partial charge in [0.15, 0.2) is 0 Å². The molecule has 0 radical (unpaired) electrons. The van der Waals surface area contributed by atoms with Crippen LogP contribution >= 0.6 is 0 Å². The van der Waals surface area contributed by atoms with Gasteiger partial charge in [0.25, 0.3) is 5.91 Å². The lowest BCUT2D eigenvalue weighted by Crippen LogP contribution is -2.43.